The van der Waals surface area contributed by atoms with Gasteiger partial charge >= 0.3 is 0 Å². The Morgan fingerprint density at radius 2 is 0.978 bits per heavy atom. The molecule has 0 saturated heterocycles. The van der Waals surface area contributed by atoms with Crippen LogP contribution in [0.3, 0.4) is 0 Å². The molecule has 2 aromatic heterocycles. The van der Waals surface area contributed by atoms with Crippen molar-refractivity contribution >= 4 is 53.1 Å². The van der Waals surface area contributed by atoms with Crippen molar-refractivity contribution in [3.63, 3.8) is 0 Å². The van der Waals surface area contributed by atoms with E-state index in [1.54, 1.807) is 0 Å². The second kappa shape index (κ2) is 10.5. The molecular formula is C41H25N3S. The molecule has 0 N–H and O–H groups in total. The molecule has 0 fully saturated rings. The summed E-state index contributed by atoms with van der Waals surface area (Å²) >= 11 is 1.85. The zero-order chi connectivity index (χ0) is 29.7. The second-order valence-corrected chi connectivity index (χ2v) is 12.3. The summed E-state index contributed by atoms with van der Waals surface area (Å²) in [4.78, 5) is 15.2. The fourth-order valence-corrected chi connectivity index (χ4v) is 7.56. The lowest BCUT2D eigenvalue weighted by atomic mass is 9.95. The van der Waals surface area contributed by atoms with Gasteiger partial charge in [-0.2, -0.15) is 0 Å². The number of thiophene rings is 1. The molecule has 0 aliphatic heterocycles. The van der Waals surface area contributed by atoms with Crippen molar-refractivity contribution in [2.24, 2.45) is 0 Å². The minimum absolute atomic E-state index is 0.663. The zero-order valence-electron chi connectivity index (χ0n) is 24.2. The summed E-state index contributed by atoms with van der Waals surface area (Å²) in [5.41, 5.74) is 5.39. The number of nitrogens with zero attached hydrogens (tertiary/aromatic N) is 3. The molecule has 0 aliphatic carbocycles. The van der Waals surface area contributed by atoms with Crippen LogP contribution in [0.1, 0.15) is 0 Å². The summed E-state index contributed by atoms with van der Waals surface area (Å²) in [6.07, 6.45) is 0. The summed E-state index contributed by atoms with van der Waals surface area (Å²) in [7, 11) is 0. The smallest absolute Gasteiger partial charge is 0.164 e. The standard InChI is InChI=1S/C41H25N3S/c1-3-12-27(13-4-1)34-25-36-35-24-29(22-23-37(35)45-38(36)32-20-10-9-19-31(32)34)40-42-39(28-15-5-2-6-16-28)43-41(44-40)33-21-11-17-26-14-7-8-18-30(26)33/h1-25H. The number of fused-ring (bicyclic) bond motifs is 6. The van der Waals surface area contributed by atoms with Crippen LogP contribution in [0.15, 0.2) is 152 Å². The van der Waals surface area contributed by atoms with Gasteiger partial charge in [0, 0.05) is 42.2 Å². The quantitative estimate of drug-likeness (QED) is 0.204. The Balaban J connectivity index is 1.29. The average Bonchev–Trinajstić information content (AvgIpc) is 3.50. The third-order valence-corrected chi connectivity index (χ3v) is 9.74. The van der Waals surface area contributed by atoms with Crippen LogP contribution < -0.4 is 0 Å². The number of hydrogen-bond acceptors (Lipinski definition) is 4. The van der Waals surface area contributed by atoms with Crippen LogP contribution in [0, 0.1) is 0 Å². The van der Waals surface area contributed by atoms with Crippen LogP contribution in [0.4, 0.5) is 0 Å². The van der Waals surface area contributed by atoms with Crippen molar-refractivity contribution in [1.82, 2.24) is 15.0 Å². The molecule has 45 heavy (non-hydrogen) atoms. The van der Waals surface area contributed by atoms with Crippen LogP contribution >= 0.6 is 11.3 Å². The van der Waals surface area contributed by atoms with Gasteiger partial charge in [-0.15, -0.1) is 11.3 Å². The van der Waals surface area contributed by atoms with E-state index in [0.717, 1.165) is 27.5 Å². The summed E-state index contributed by atoms with van der Waals surface area (Å²) in [6, 6.07) is 53.3. The van der Waals surface area contributed by atoms with Crippen LogP contribution in [-0.2, 0) is 0 Å². The highest BCUT2D eigenvalue weighted by Gasteiger charge is 2.17. The van der Waals surface area contributed by atoms with E-state index >= 15 is 0 Å². The highest BCUT2D eigenvalue weighted by Crippen LogP contribution is 2.43. The molecule has 210 valence electrons. The van der Waals surface area contributed by atoms with Gasteiger partial charge in [-0.3, -0.25) is 0 Å². The Labute approximate surface area is 264 Å². The van der Waals surface area contributed by atoms with Gasteiger partial charge in [-0.25, -0.2) is 15.0 Å². The lowest BCUT2D eigenvalue weighted by molar-refractivity contribution is 1.08. The number of rotatable bonds is 4. The first-order valence-electron chi connectivity index (χ1n) is 15.0. The molecule has 0 aliphatic rings. The van der Waals surface area contributed by atoms with Crippen molar-refractivity contribution in [2.45, 2.75) is 0 Å². The summed E-state index contributed by atoms with van der Waals surface area (Å²) in [5, 5.41) is 7.29. The minimum Gasteiger partial charge on any atom is -0.208 e. The molecule has 4 heteroatoms. The molecule has 0 bridgehead atoms. The van der Waals surface area contributed by atoms with Crippen molar-refractivity contribution in [3.8, 4) is 45.3 Å². The molecule has 0 saturated carbocycles. The molecule has 3 nitrogen and oxygen atoms in total. The number of hydrogen-bond donors (Lipinski definition) is 0. The van der Waals surface area contributed by atoms with E-state index in [1.807, 2.05) is 29.5 Å². The molecule has 2 heterocycles. The SMILES string of the molecule is c1ccc(-c2nc(-c3ccc4sc5c6ccccc6c(-c6ccccc6)cc5c4c3)nc(-c3cccc4ccccc34)n2)cc1. The maximum atomic E-state index is 5.12. The molecule has 9 rings (SSSR count). The molecule has 0 amide bonds. The van der Waals surface area contributed by atoms with E-state index in [2.05, 4.69) is 133 Å². The Bertz CT molecular complexity index is 2530. The van der Waals surface area contributed by atoms with Gasteiger partial charge < -0.3 is 0 Å². The fourth-order valence-electron chi connectivity index (χ4n) is 6.36. The van der Waals surface area contributed by atoms with Gasteiger partial charge in [0.05, 0.1) is 0 Å². The van der Waals surface area contributed by atoms with Crippen molar-refractivity contribution in [3.05, 3.63) is 152 Å². The van der Waals surface area contributed by atoms with Crippen LogP contribution in [-0.4, -0.2) is 15.0 Å². The summed E-state index contributed by atoms with van der Waals surface area (Å²) < 4.78 is 2.55. The molecule has 9 aromatic rings. The first-order valence-corrected chi connectivity index (χ1v) is 15.9. The minimum atomic E-state index is 0.663. The highest BCUT2D eigenvalue weighted by molar-refractivity contribution is 7.26. The topological polar surface area (TPSA) is 38.7 Å². The first kappa shape index (κ1) is 25.8. The third-order valence-electron chi connectivity index (χ3n) is 8.52. The largest absolute Gasteiger partial charge is 0.208 e. The lowest BCUT2D eigenvalue weighted by Crippen LogP contribution is -2.00. The van der Waals surface area contributed by atoms with Gasteiger partial charge in [0.15, 0.2) is 17.5 Å². The predicted molar refractivity (Wildman–Crippen MR) is 189 cm³/mol. The van der Waals surface area contributed by atoms with Crippen LogP contribution in [0.5, 0.6) is 0 Å². The van der Waals surface area contributed by atoms with Gasteiger partial charge in [-0.1, -0.05) is 127 Å². The van der Waals surface area contributed by atoms with Crippen LogP contribution in [0.2, 0.25) is 0 Å². The van der Waals surface area contributed by atoms with E-state index in [-0.39, 0.29) is 0 Å². The Kier molecular flexibility index (Phi) is 6.00. The Hall–Kier alpha value is -5.71. The van der Waals surface area contributed by atoms with E-state index in [0.29, 0.717) is 17.5 Å². The van der Waals surface area contributed by atoms with Crippen molar-refractivity contribution in [2.75, 3.05) is 0 Å². The first-order chi connectivity index (χ1) is 22.3. The monoisotopic (exact) mass is 591 g/mol. The maximum Gasteiger partial charge on any atom is 0.164 e. The molecular weight excluding hydrogens is 567 g/mol. The maximum absolute atomic E-state index is 5.12. The summed E-state index contributed by atoms with van der Waals surface area (Å²) in [6.45, 7) is 0. The molecule has 7 aromatic carbocycles. The lowest BCUT2D eigenvalue weighted by Gasteiger charge is -2.11. The molecule has 0 radical (unpaired) electrons. The normalized spacial score (nSPS) is 11.6. The Morgan fingerprint density at radius 1 is 0.356 bits per heavy atom. The highest BCUT2D eigenvalue weighted by atomic mass is 32.1. The second-order valence-electron chi connectivity index (χ2n) is 11.2. The third kappa shape index (κ3) is 4.38. The molecule has 0 unspecified atom stereocenters. The van der Waals surface area contributed by atoms with Crippen LogP contribution in [0.25, 0.3) is 87.0 Å². The zero-order valence-corrected chi connectivity index (χ0v) is 25.0. The van der Waals surface area contributed by atoms with E-state index in [4.69, 9.17) is 15.0 Å². The van der Waals surface area contributed by atoms with Gasteiger partial charge in [-0.05, 0) is 51.6 Å². The Morgan fingerprint density at radius 3 is 1.78 bits per heavy atom. The predicted octanol–water partition coefficient (Wildman–Crippen LogP) is 11.2. The molecule has 0 atom stereocenters. The fraction of sp³-hybridized carbons (Fsp3) is 0. The summed E-state index contributed by atoms with van der Waals surface area (Å²) in [5.74, 6) is 2.00. The van der Waals surface area contributed by atoms with E-state index in [9.17, 15) is 0 Å². The van der Waals surface area contributed by atoms with Gasteiger partial charge in [0.1, 0.15) is 0 Å². The van der Waals surface area contributed by atoms with E-state index < -0.39 is 0 Å². The number of benzene rings is 7. The van der Waals surface area contributed by atoms with E-state index in [1.165, 1.54) is 42.1 Å². The van der Waals surface area contributed by atoms with Gasteiger partial charge in [0.25, 0.3) is 0 Å². The number of aromatic nitrogens is 3. The van der Waals surface area contributed by atoms with Gasteiger partial charge in [0.2, 0.25) is 0 Å². The molecule has 0 spiro atoms. The van der Waals surface area contributed by atoms with Crippen molar-refractivity contribution < 1.29 is 0 Å². The van der Waals surface area contributed by atoms with Crippen molar-refractivity contribution in [1.29, 1.82) is 0 Å². The average molecular weight is 592 g/mol.